The molecule has 1 heterocycles. The molecule has 0 spiro atoms. The molecule has 0 radical (unpaired) electrons. The Kier molecular flexibility index (Phi) is 6.84. The van der Waals surface area contributed by atoms with E-state index in [-0.39, 0.29) is 11.8 Å². The number of nitrogens with two attached hydrogens (primary N) is 1. The topological polar surface area (TPSA) is 80.0 Å². The van der Waals surface area contributed by atoms with Gasteiger partial charge in [0, 0.05) is 25.2 Å². The third-order valence-corrected chi connectivity index (χ3v) is 3.51. The van der Waals surface area contributed by atoms with Gasteiger partial charge in [0.05, 0.1) is 5.69 Å². The summed E-state index contributed by atoms with van der Waals surface area (Å²) in [5.74, 6) is 1.01. The predicted octanol–water partition coefficient (Wildman–Crippen LogP) is 2.33. The van der Waals surface area contributed by atoms with E-state index in [1.165, 1.54) is 0 Å². The molecule has 0 saturated carbocycles. The number of nitrogen functional groups attached to an aromatic ring is 1. The van der Waals surface area contributed by atoms with E-state index in [1.807, 2.05) is 26.8 Å². The van der Waals surface area contributed by atoms with Crippen LogP contribution in [-0.2, 0) is 4.79 Å². The predicted molar refractivity (Wildman–Crippen MR) is 83.6 cm³/mol. The zero-order valence-electron chi connectivity index (χ0n) is 12.7. The highest BCUT2D eigenvalue weighted by molar-refractivity contribution is 5.78. The average molecular weight is 278 g/mol. The standard InChI is InChI=1S/C15H26N4O/c1-4-12(5-2)15(20)19-9-6-8-17-14-13(16)11(3)7-10-18-14/h7,10,12H,4-6,8-9,16H2,1-3H3,(H,17,18)(H,19,20). The van der Waals surface area contributed by atoms with Crippen molar-refractivity contribution in [3.63, 3.8) is 0 Å². The largest absolute Gasteiger partial charge is 0.396 e. The molecule has 0 unspecified atom stereocenters. The Balaban J connectivity index is 2.25. The first kappa shape index (κ1) is 16.3. The van der Waals surface area contributed by atoms with Gasteiger partial charge < -0.3 is 16.4 Å². The normalized spacial score (nSPS) is 10.6. The first-order valence-corrected chi connectivity index (χ1v) is 7.32. The molecule has 20 heavy (non-hydrogen) atoms. The van der Waals surface area contributed by atoms with Gasteiger partial charge >= 0.3 is 0 Å². The number of hydrogen-bond donors (Lipinski definition) is 3. The summed E-state index contributed by atoms with van der Waals surface area (Å²) >= 11 is 0. The van der Waals surface area contributed by atoms with Crippen LogP contribution in [0.15, 0.2) is 12.3 Å². The highest BCUT2D eigenvalue weighted by Gasteiger charge is 2.12. The summed E-state index contributed by atoms with van der Waals surface area (Å²) < 4.78 is 0. The number of pyridine rings is 1. The minimum absolute atomic E-state index is 0.136. The number of hydrogen-bond acceptors (Lipinski definition) is 4. The lowest BCUT2D eigenvalue weighted by Crippen LogP contribution is -2.31. The smallest absolute Gasteiger partial charge is 0.223 e. The van der Waals surface area contributed by atoms with Gasteiger partial charge in [-0.1, -0.05) is 13.8 Å². The molecule has 0 atom stereocenters. The van der Waals surface area contributed by atoms with Crippen LogP contribution in [0.1, 0.15) is 38.7 Å². The van der Waals surface area contributed by atoms with Crippen LogP contribution in [0, 0.1) is 12.8 Å². The molecule has 112 valence electrons. The molecular weight excluding hydrogens is 252 g/mol. The fraction of sp³-hybridized carbons (Fsp3) is 0.600. The van der Waals surface area contributed by atoms with E-state index in [2.05, 4.69) is 15.6 Å². The molecule has 5 nitrogen and oxygen atoms in total. The molecule has 0 aromatic carbocycles. The van der Waals surface area contributed by atoms with Crippen LogP contribution in [-0.4, -0.2) is 24.0 Å². The van der Waals surface area contributed by atoms with Crippen LogP contribution in [0.3, 0.4) is 0 Å². The van der Waals surface area contributed by atoms with Crippen LogP contribution in [0.25, 0.3) is 0 Å². The highest BCUT2D eigenvalue weighted by Crippen LogP contribution is 2.18. The lowest BCUT2D eigenvalue weighted by molar-refractivity contribution is -0.125. The molecule has 1 aromatic heterocycles. The zero-order valence-corrected chi connectivity index (χ0v) is 12.7. The van der Waals surface area contributed by atoms with Crippen molar-refractivity contribution in [3.8, 4) is 0 Å². The first-order chi connectivity index (χ1) is 9.60. The van der Waals surface area contributed by atoms with Crippen molar-refractivity contribution in [2.24, 2.45) is 5.92 Å². The first-order valence-electron chi connectivity index (χ1n) is 7.32. The van der Waals surface area contributed by atoms with E-state index in [9.17, 15) is 4.79 Å². The van der Waals surface area contributed by atoms with E-state index in [0.717, 1.165) is 37.2 Å². The maximum atomic E-state index is 11.8. The molecule has 0 bridgehead atoms. The number of aromatic nitrogens is 1. The molecule has 5 heteroatoms. The van der Waals surface area contributed by atoms with E-state index in [1.54, 1.807) is 6.20 Å². The Labute approximate surface area is 121 Å². The molecule has 0 saturated heterocycles. The fourth-order valence-electron chi connectivity index (χ4n) is 2.02. The molecular formula is C15H26N4O. The van der Waals surface area contributed by atoms with Crippen LogP contribution in [0.5, 0.6) is 0 Å². The number of rotatable bonds is 8. The van der Waals surface area contributed by atoms with Crippen molar-refractivity contribution in [2.75, 3.05) is 24.1 Å². The maximum Gasteiger partial charge on any atom is 0.223 e. The average Bonchev–Trinajstić information content (AvgIpc) is 2.44. The fourth-order valence-corrected chi connectivity index (χ4v) is 2.02. The Morgan fingerprint density at radius 2 is 2.05 bits per heavy atom. The van der Waals surface area contributed by atoms with Gasteiger partial charge in [-0.2, -0.15) is 0 Å². The number of carbonyl (C=O) groups excluding carboxylic acids is 1. The van der Waals surface area contributed by atoms with Crippen LogP contribution >= 0.6 is 0 Å². The second-order valence-corrected chi connectivity index (χ2v) is 4.97. The van der Waals surface area contributed by atoms with Crippen molar-refractivity contribution >= 4 is 17.4 Å². The Hall–Kier alpha value is -1.78. The Morgan fingerprint density at radius 1 is 1.35 bits per heavy atom. The summed E-state index contributed by atoms with van der Waals surface area (Å²) in [5, 5.41) is 6.16. The second kappa shape index (κ2) is 8.40. The van der Waals surface area contributed by atoms with Gasteiger partial charge in [-0.15, -0.1) is 0 Å². The van der Waals surface area contributed by atoms with Gasteiger partial charge in [0.2, 0.25) is 5.91 Å². The third-order valence-electron chi connectivity index (χ3n) is 3.51. The lowest BCUT2D eigenvalue weighted by Gasteiger charge is -2.13. The number of amides is 1. The van der Waals surface area contributed by atoms with Gasteiger partial charge in [-0.05, 0) is 37.8 Å². The van der Waals surface area contributed by atoms with Crippen molar-refractivity contribution in [3.05, 3.63) is 17.8 Å². The van der Waals surface area contributed by atoms with Crippen LogP contribution in [0.2, 0.25) is 0 Å². The number of nitrogens with zero attached hydrogens (tertiary/aromatic N) is 1. The number of nitrogens with one attached hydrogen (secondary N) is 2. The summed E-state index contributed by atoms with van der Waals surface area (Å²) in [4.78, 5) is 16.0. The second-order valence-electron chi connectivity index (χ2n) is 4.97. The van der Waals surface area contributed by atoms with Gasteiger partial charge in [-0.25, -0.2) is 4.98 Å². The monoisotopic (exact) mass is 278 g/mol. The van der Waals surface area contributed by atoms with Crippen molar-refractivity contribution in [2.45, 2.75) is 40.0 Å². The minimum atomic E-state index is 0.136. The summed E-state index contributed by atoms with van der Waals surface area (Å²) in [6.07, 6.45) is 4.37. The molecule has 0 aliphatic heterocycles. The molecule has 4 N–H and O–H groups in total. The highest BCUT2D eigenvalue weighted by atomic mass is 16.1. The molecule has 1 aromatic rings. The zero-order chi connectivity index (χ0) is 15.0. The lowest BCUT2D eigenvalue weighted by atomic mass is 10.0. The quantitative estimate of drug-likeness (QED) is 0.638. The van der Waals surface area contributed by atoms with Gasteiger partial charge in [0.15, 0.2) is 0 Å². The van der Waals surface area contributed by atoms with Crippen LogP contribution < -0.4 is 16.4 Å². The van der Waals surface area contributed by atoms with Crippen molar-refractivity contribution in [1.29, 1.82) is 0 Å². The minimum Gasteiger partial charge on any atom is -0.396 e. The SMILES string of the molecule is CCC(CC)C(=O)NCCCNc1nccc(C)c1N. The third kappa shape index (κ3) is 4.72. The molecule has 1 amide bonds. The van der Waals surface area contributed by atoms with Crippen molar-refractivity contribution in [1.82, 2.24) is 10.3 Å². The Bertz CT molecular complexity index is 430. The summed E-state index contributed by atoms with van der Waals surface area (Å²) in [5.41, 5.74) is 7.63. The molecule has 0 fully saturated rings. The van der Waals surface area contributed by atoms with Gasteiger partial charge in [0.1, 0.15) is 5.82 Å². The molecule has 1 rings (SSSR count). The van der Waals surface area contributed by atoms with Crippen LogP contribution in [0.4, 0.5) is 11.5 Å². The number of aryl methyl sites for hydroxylation is 1. The molecule has 0 aliphatic rings. The molecule has 0 aliphatic carbocycles. The van der Waals surface area contributed by atoms with Crippen molar-refractivity contribution < 1.29 is 4.79 Å². The van der Waals surface area contributed by atoms with Gasteiger partial charge in [0.25, 0.3) is 0 Å². The van der Waals surface area contributed by atoms with E-state index >= 15 is 0 Å². The van der Waals surface area contributed by atoms with E-state index in [0.29, 0.717) is 12.2 Å². The Morgan fingerprint density at radius 3 is 2.70 bits per heavy atom. The van der Waals surface area contributed by atoms with E-state index in [4.69, 9.17) is 5.73 Å². The van der Waals surface area contributed by atoms with E-state index < -0.39 is 0 Å². The summed E-state index contributed by atoms with van der Waals surface area (Å²) in [6.45, 7) is 7.46. The number of carbonyl (C=O) groups is 1. The summed E-state index contributed by atoms with van der Waals surface area (Å²) in [7, 11) is 0. The summed E-state index contributed by atoms with van der Waals surface area (Å²) in [6, 6.07) is 1.89. The maximum absolute atomic E-state index is 11.8. The van der Waals surface area contributed by atoms with Gasteiger partial charge in [-0.3, -0.25) is 4.79 Å². The number of anilines is 2.